The van der Waals surface area contributed by atoms with E-state index < -0.39 is 0 Å². The summed E-state index contributed by atoms with van der Waals surface area (Å²) in [6, 6.07) is 3.59. The molecule has 0 N–H and O–H groups in total. The second-order valence-electron chi connectivity index (χ2n) is 4.70. The minimum absolute atomic E-state index is 0.174. The van der Waals surface area contributed by atoms with E-state index in [1.807, 2.05) is 13.1 Å². The zero-order valence-electron chi connectivity index (χ0n) is 9.57. The number of nitrogens with zero attached hydrogens (tertiary/aromatic N) is 1. The molecule has 2 rings (SSSR count). The van der Waals surface area contributed by atoms with Crippen LogP contribution in [0.25, 0.3) is 0 Å². The van der Waals surface area contributed by atoms with Gasteiger partial charge in [0.2, 0.25) is 0 Å². The molecular weight excluding hydrogens is 242 g/mol. The Bertz CT molecular complexity index is 390. The molecule has 0 radical (unpaired) electrons. The van der Waals surface area contributed by atoms with Crippen LogP contribution < -0.4 is 0 Å². The van der Waals surface area contributed by atoms with Gasteiger partial charge < -0.3 is 0 Å². The lowest BCUT2D eigenvalue weighted by atomic mass is 10.2. The van der Waals surface area contributed by atoms with Gasteiger partial charge in [0.05, 0.1) is 15.8 Å². The predicted octanol–water partition coefficient (Wildman–Crippen LogP) is 3.17. The van der Waals surface area contributed by atoms with Crippen molar-refractivity contribution in [2.75, 3.05) is 20.1 Å². The van der Waals surface area contributed by atoms with Gasteiger partial charge in [0.15, 0.2) is 5.78 Å². The first kappa shape index (κ1) is 12.1. The van der Waals surface area contributed by atoms with Crippen molar-refractivity contribution >= 4 is 28.7 Å². The highest BCUT2D eigenvalue weighted by Crippen LogP contribution is 2.37. The number of rotatable bonds is 5. The van der Waals surface area contributed by atoms with Crippen LogP contribution in [-0.4, -0.2) is 30.8 Å². The van der Waals surface area contributed by atoms with Crippen LogP contribution in [0.5, 0.6) is 0 Å². The largest absolute Gasteiger partial charge is 0.299 e. The van der Waals surface area contributed by atoms with Crippen molar-refractivity contribution in [2.45, 2.75) is 13.3 Å². The normalized spacial score (nSPS) is 23.8. The highest BCUT2D eigenvalue weighted by molar-refractivity contribution is 7.18. The summed E-state index contributed by atoms with van der Waals surface area (Å²) in [6.45, 7) is 3.80. The monoisotopic (exact) mass is 257 g/mol. The molecule has 4 heteroatoms. The van der Waals surface area contributed by atoms with Crippen molar-refractivity contribution in [3.8, 4) is 0 Å². The Hall–Kier alpha value is -0.380. The second-order valence-corrected chi connectivity index (χ2v) is 6.41. The number of halogens is 1. The van der Waals surface area contributed by atoms with Gasteiger partial charge >= 0.3 is 0 Å². The van der Waals surface area contributed by atoms with Crippen LogP contribution in [0.15, 0.2) is 12.1 Å². The Kier molecular flexibility index (Phi) is 3.67. The third-order valence-electron chi connectivity index (χ3n) is 3.08. The summed E-state index contributed by atoms with van der Waals surface area (Å²) in [6.07, 6.45) is 1.31. The maximum atomic E-state index is 11.9. The number of ketones is 1. The van der Waals surface area contributed by atoms with E-state index in [9.17, 15) is 4.79 Å². The van der Waals surface area contributed by atoms with Crippen LogP contribution in [0.4, 0.5) is 0 Å². The Labute approximate surface area is 105 Å². The average Bonchev–Trinajstić information content (AvgIpc) is 2.73. The van der Waals surface area contributed by atoms with Crippen LogP contribution >= 0.6 is 22.9 Å². The smallest absolute Gasteiger partial charge is 0.186 e. The van der Waals surface area contributed by atoms with Gasteiger partial charge in [-0.3, -0.25) is 9.69 Å². The summed E-state index contributed by atoms with van der Waals surface area (Å²) in [7, 11) is 2.01. The molecule has 0 spiro atoms. The summed E-state index contributed by atoms with van der Waals surface area (Å²) >= 11 is 7.17. The van der Waals surface area contributed by atoms with Gasteiger partial charge in [-0.25, -0.2) is 0 Å². The maximum Gasteiger partial charge on any atom is 0.186 e. The molecule has 1 aromatic heterocycles. The van der Waals surface area contributed by atoms with Crippen molar-refractivity contribution in [1.82, 2.24) is 4.90 Å². The number of hydrogen-bond donors (Lipinski definition) is 0. The third kappa shape index (κ3) is 3.06. The van der Waals surface area contributed by atoms with Crippen LogP contribution in [0, 0.1) is 11.8 Å². The first-order chi connectivity index (χ1) is 7.56. The van der Waals surface area contributed by atoms with E-state index in [1.54, 1.807) is 6.07 Å². The molecule has 1 aromatic rings. The SMILES string of the molecule is CC1CC1CN(C)CC(=O)c1ccc(Cl)s1. The molecule has 0 amide bonds. The fourth-order valence-electron chi connectivity index (χ4n) is 1.91. The summed E-state index contributed by atoms with van der Waals surface area (Å²) in [4.78, 5) is 14.7. The van der Waals surface area contributed by atoms with E-state index in [-0.39, 0.29) is 5.78 Å². The Morgan fingerprint density at radius 3 is 2.81 bits per heavy atom. The summed E-state index contributed by atoms with van der Waals surface area (Å²) < 4.78 is 0.682. The van der Waals surface area contributed by atoms with Gasteiger partial charge in [-0.2, -0.15) is 0 Å². The van der Waals surface area contributed by atoms with Crippen LogP contribution in [0.3, 0.4) is 0 Å². The lowest BCUT2D eigenvalue weighted by molar-refractivity contribution is 0.0947. The standard InChI is InChI=1S/C12H16ClNOS/c1-8-5-9(8)6-14(2)7-10(15)11-3-4-12(13)16-11/h3-4,8-9H,5-7H2,1-2H3. The molecule has 0 saturated heterocycles. The zero-order chi connectivity index (χ0) is 11.7. The van der Waals surface area contributed by atoms with Gasteiger partial charge in [-0.15, -0.1) is 11.3 Å². The van der Waals surface area contributed by atoms with Crippen LogP contribution in [0.1, 0.15) is 23.0 Å². The molecule has 1 fully saturated rings. The van der Waals surface area contributed by atoms with E-state index in [2.05, 4.69) is 11.8 Å². The lowest BCUT2D eigenvalue weighted by Crippen LogP contribution is -2.27. The molecule has 1 aliphatic rings. The van der Waals surface area contributed by atoms with Gasteiger partial charge in [-0.1, -0.05) is 18.5 Å². The summed E-state index contributed by atoms with van der Waals surface area (Å²) in [5.74, 6) is 1.81. The van der Waals surface area contributed by atoms with E-state index in [4.69, 9.17) is 11.6 Å². The Balaban J connectivity index is 1.82. The Morgan fingerprint density at radius 1 is 1.62 bits per heavy atom. The fraction of sp³-hybridized carbons (Fsp3) is 0.583. The van der Waals surface area contributed by atoms with E-state index in [0.29, 0.717) is 10.9 Å². The summed E-state index contributed by atoms with van der Waals surface area (Å²) in [5.41, 5.74) is 0. The lowest BCUT2D eigenvalue weighted by Gasteiger charge is -2.14. The molecule has 1 aliphatic carbocycles. The first-order valence-electron chi connectivity index (χ1n) is 5.53. The number of carbonyl (C=O) groups is 1. The zero-order valence-corrected chi connectivity index (χ0v) is 11.1. The van der Waals surface area contributed by atoms with E-state index in [0.717, 1.165) is 23.3 Å². The number of thiophene rings is 1. The number of likely N-dealkylation sites (N-methyl/N-ethyl adjacent to an activating group) is 1. The summed E-state index contributed by atoms with van der Waals surface area (Å²) in [5, 5.41) is 0. The molecule has 16 heavy (non-hydrogen) atoms. The van der Waals surface area contributed by atoms with Gasteiger partial charge in [0.25, 0.3) is 0 Å². The van der Waals surface area contributed by atoms with Crippen LogP contribution in [-0.2, 0) is 0 Å². The second kappa shape index (κ2) is 4.86. The average molecular weight is 258 g/mol. The van der Waals surface area contributed by atoms with Crippen molar-refractivity contribution in [3.63, 3.8) is 0 Å². The number of carbonyl (C=O) groups excluding carboxylic acids is 1. The van der Waals surface area contributed by atoms with Gasteiger partial charge in [-0.05, 0) is 37.4 Å². The van der Waals surface area contributed by atoms with Gasteiger partial charge in [0.1, 0.15) is 0 Å². The minimum Gasteiger partial charge on any atom is -0.299 e. The molecule has 0 aromatic carbocycles. The van der Waals surface area contributed by atoms with E-state index in [1.165, 1.54) is 17.8 Å². The third-order valence-corrected chi connectivity index (χ3v) is 4.36. The molecule has 2 nitrogen and oxygen atoms in total. The van der Waals surface area contributed by atoms with Crippen LogP contribution in [0.2, 0.25) is 4.34 Å². The highest BCUT2D eigenvalue weighted by atomic mass is 35.5. The van der Waals surface area contributed by atoms with Gasteiger partial charge in [0, 0.05) is 6.54 Å². The van der Waals surface area contributed by atoms with Crippen molar-refractivity contribution in [3.05, 3.63) is 21.3 Å². The first-order valence-corrected chi connectivity index (χ1v) is 6.73. The maximum absolute atomic E-state index is 11.9. The fourth-order valence-corrected chi connectivity index (χ4v) is 2.88. The topological polar surface area (TPSA) is 20.3 Å². The van der Waals surface area contributed by atoms with Crippen molar-refractivity contribution in [1.29, 1.82) is 0 Å². The molecule has 88 valence electrons. The molecular formula is C12H16ClNOS. The molecule has 2 unspecified atom stereocenters. The molecule has 1 saturated carbocycles. The molecule has 0 aliphatic heterocycles. The quantitative estimate of drug-likeness (QED) is 0.756. The highest BCUT2D eigenvalue weighted by Gasteiger charge is 2.33. The molecule has 0 bridgehead atoms. The van der Waals surface area contributed by atoms with Crippen molar-refractivity contribution < 1.29 is 4.79 Å². The predicted molar refractivity (Wildman–Crippen MR) is 68.4 cm³/mol. The van der Waals surface area contributed by atoms with E-state index >= 15 is 0 Å². The molecule has 2 atom stereocenters. The Morgan fingerprint density at radius 2 is 2.31 bits per heavy atom. The molecule has 1 heterocycles. The minimum atomic E-state index is 0.174. The number of hydrogen-bond acceptors (Lipinski definition) is 3. The van der Waals surface area contributed by atoms with Crippen molar-refractivity contribution in [2.24, 2.45) is 11.8 Å². The number of Topliss-reactive ketones (excluding diaryl/α,β-unsaturated/α-hetero) is 1.